The number of hydrogen-bond acceptors (Lipinski definition) is 4. The molecule has 120 valence electrons. The Hall–Kier alpha value is -2.47. The topological polar surface area (TPSA) is 80.6 Å². The molecule has 0 bridgehead atoms. The van der Waals surface area contributed by atoms with Gasteiger partial charge in [0.1, 0.15) is 17.3 Å². The first-order chi connectivity index (χ1) is 10.9. The summed E-state index contributed by atoms with van der Waals surface area (Å²) in [6.07, 6.45) is 0. The average Bonchev–Trinajstić information content (AvgIpc) is 2.92. The minimum absolute atomic E-state index is 0.173. The molecule has 1 aliphatic heterocycles. The fourth-order valence-corrected chi connectivity index (χ4v) is 2.43. The largest absolute Gasteiger partial charge is 0.466 e. The lowest BCUT2D eigenvalue weighted by molar-refractivity contribution is -0.146. The van der Waals surface area contributed by atoms with Crippen LogP contribution < -0.4 is 15.4 Å². The number of amides is 2. The zero-order chi connectivity index (χ0) is 16.6. The molecule has 2 amide bonds. The number of halogens is 1. The van der Waals surface area contributed by atoms with E-state index >= 15 is 0 Å². The van der Waals surface area contributed by atoms with Crippen LogP contribution in [0.1, 0.15) is 18.4 Å². The van der Waals surface area contributed by atoms with Crippen molar-refractivity contribution >= 4 is 29.1 Å². The van der Waals surface area contributed by atoms with Gasteiger partial charge in [-0.05, 0) is 44.2 Å². The molecule has 0 radical (unpaired) electrons. The highest BCUT2D eigenvalue weighted by molar-refractivity contribution is 6.31. The summed E-state index contributed by atoms with van der Waals surface area (Å²) >= 11 is 5.88. The number of nitrogens with one attached hydrogen (secondary N) is 2. The maximum Gasteiger partial charge on any atom is 0.278 e. The third-order valence-electron chi connectivity index (χ3n) is 3.59. The molecule has 0 spiro atoms. The van der Waals surface area contributed by atoms with Crippen LogP contribution in [0.4, 0.5) is 5.69 Å². The molecule has 2 heterocycles. The molecule has 0 unspecified atom stereocenters. The molecule has 6 nitrogen and oxygen atoms in total. The summed E-state index contributed by atoms with van der Waals surface area (Å²) in [6, 6.07) is 8.36. The van der Waals surface area contributed by atoms with Crippen LogP contribution in [0, 0.1) is 6.92 Å². The van der Waals surface area contributed by atoms with Crippen molar-refractivity contribution in [2.24, 2.45) is 0 Å². The van der Waals surface area contributed by atoms with E-state index in [1.54, 1.807) is 30.3 Å². The lowest BCUT2D eigenvalue weighted by Crippen LogP contribution is -2.58. The van der Waals surface area contributed by atoms with E-state index in [0.717, 1.165) is 5.76 Å². The Morgan fingerprint density at radius 2 is 2.13 bits per heavy atom. The number of ether oxygens (including phenoxy) is 1. The normalized spacial score (nSPS) is 19.5. The maximum absolute atomic E-state index is 12.4. The highest BCUT2D eigenvalue weighted by Gasteiger charge is 2.47. The molecule has 1 atom stereocenters. The summed E-state index contributed by atoms with van der Waals surface area (Å²) in [5.74, 6) is 0.631. The number of rotatable bonds is 3. The second-order valence-electron chi connectivity index (χ2n) is 5.42. The van der Waals surface area contributed by atoms with Crippen LogP contribution in [-0.2, 0) is 16.1 Å². The molecule has 0 saturated heterocycles. The van der Waals surface area contributed by atoms with Crippen LogP contribution in [0.3, 0.4) is 0 Å². The number of aryl methyl sites for hydroxylation is 1. The summed E-state index contributed by atoms with van der Waals surface area (Å²) in [7, 11) is 0. The standard InChI is InChI=1S/C16H15ClN2O4/c1-9-3-5-11(22-9)8-18-14(20)16(2)15(21)19-12-7-10(17)4-6-13(12)23-16/h3-7H,8H2,1-2H3,(H,18,20)(H,19,21)/t16-/m1/s1. The van der Waals surface area contributed by atoms with E-state index in [2.05, 4.69) is 10.6 Å². The zero-order valence-corrected chi connectivity index (χ0v) is 13.4. The van der Waals surface area contributed by atoms with Crippen LogP contribution in [0.2, 0.25) is 5.02 Å². The van der Waals surface area contributed by atoms with E-state index in [1.807, 2.05) is 6.92 Å². The van der Waals surface area contributed by atoms with Crippen molar-refractivity contribution in [2.75, 3.05) is 5.32 Å². The van der Waals surface area contributed by atoms with Crippen molar-refractivity contribution in [3.63, 3.8) is 0 Å². The predicted molar refractivity (Wildman–Crippen MR) is 84.4 cm³/mol. The Bertz CT molecular complexity index is 786. The molecule has 7 heteroatoms. The smallest absolute Gasteiger partial charge is 0.278 e. The molecule has 2 aromatic rings. The predicted octanol–water partition coefficient (Wildman–Crippen LogP) is 2.65. The van der Waals surface area contributed by atoms with Crippen molar-refractivity contribution in [2.45, 2.75) is 26.0 Å². The number of benzene rings is 1. The second-order valence-corrected chi connectivity index (χ2v) is 5.86. The van der Waals surface area contributed by atoms with Crippen LogP contribution >= 0.6 is 11.6 Å². The van der Waals surface area contributed by atoms with Gasteiger partial charge in [-0.1, -0.05) is 11.6 Å². The second kappa shape index (κ2) is 5.62. The van der Waals surface area contributed by atoms with Gasteiger partial charge in [0.2, 0.25) is 0 Å². The van der Waals surface area contributed by atoms with Gasteiger partial charge >= 0.3 is 0 Å². The van der Waals surface area contributed by atoms with Gasteiger partial charge in [-0.2, -0.15) is 0 Å². The number of anilines is 1. The van der Waals surface area contributed by atoms with Gasteiger partial charge < -0.3 is 19.8 Å². The number of carbonyl (C=O) groups excluding carboxylic acids is 2. The van der Waals surface area contributed by atoms with Gasteiger partial charge in [0.05, 0.1) is 12.2 Å². The Balaban J connectivity index is 1.76. The van der Waals surface area contributed by atoms with Gasteiger partial charge in [0.15, 0.2) is 0 Å². The van der Waals surface area contributed by atoms with Gasteiger partial charge in [-0.15, -0.1) is 0 Å². The first-order valence-corrected chi connectivity index (χ1v) is 7.40. The molecule has 23 heavy (non-hydrogen) atoms. The third kappa shape index (κ3) is 2.90. The number of carbonyl (C=O) groups is 2. The molecule has 2 N–H and O–H groups in total. The van der Waals surface area contributed by atoms with Crippen LogP contribution in [0.25, 0.3) is 0 Å². The lowest BCUT2D eigenvalue weighted by atomic mass is 10.0. The van der Waals surface area contributed by atoms with Crippen LogP contribution in [-0.4, -0.2) is 17.4 Å². The lowest BCUT2D eigenvalue weighted by Gasteiger charge is -2.33. The van der Waals surface area contributed by atoms with E-state index in [4.69, 9.17) is 20.8 Å². The van der Waals surface area contributed by atoms with Gasteiger partial charge in [-0.25, -0.2) is 0 Å². The van der Waals surface area contributed by atoms with Gasteiger partial charge in [0, 0.05) is 5.02 Å². The van der Waals surface area contributed by atoms with E-state index < -0.39 is 17.4 Å². The quantitative estimate of drug-likeness (QED) is 0.846. The summed E-state index contributed by atoms with van der Waals surface area (Å²) in [4.78, 5) is 24.7. The minimum Gasteiger partial charge on any atom is -0.466 e. The fourth-order valence-electron chi connectivity index (χ4n) is 2.26. The van der Waals surface area contributed by atoms with Crippen molar-refractivity contribution in [3.05, 3.63) is 46.9 Å². The molecule has 3 rings (SSSR count). The molecular weight excluding hydrogens is 320 g/mol. The summed E-state index contributed by atoms with van der Waals surface area (Å²) in [5.41, 5.74) is -1.22. The zero-order valence-electron chi connectivity index (χ0n) is 12.6. The van der Waals surface area contributed by atoms with E-state index in [9.17, 15) is 9.59 Å². The Morgan fingerprint density at radius 1 is 1.35 bits per heavy atom. The number of furan rings is 1. The fraction of sp³-hybridized carbons (Fsp3) is 0.250. The Morgan fingerprint density at radius 3 is 2.83 bits per heavy atom. The first-order valence-electron chi connectivity index (χ1n) is 7.02. The SMILES string of the molecule is Cc1ccc(CNC(=O)[C@@]2(C)Oc3ccc(Cl)cc3NC2=O)o1. The Labute approximate surface area is 137 Å². The number of fused-ring (bicyclic) bond motifs is 1. The van der Waals surface area contributed by atoms with Crippen LogP contribution in [0.15, 0.2) is 34.7 Å². The van der Waals surface area contributed by atoms with E-state index in [-0.39, 0.29) is 6.54 Å². The molecule has 0 saturated carbocycles. The van der Waals surface area contributed by atoms with Crippen molar-refractivity contribution in [1.29, 1.82) is 0 Å². The highest BCUT2D eigenvalue weighted by atomic mass is 35.5. The first kappa shape index (κ1) is 15.4. The molecule has 0 aliphatic carbocycles. The van der Waals surface area contributed by atoms with E-state index in [0.29, 0.717) is 22.2 Å². The molecular formula is C16H15ClN2O4. The molecule has 1 aromatic heterocycles. The van der Waals surface area contributed by atoms with Crippen LogP contribution in [0.5, 0.6) is 5.75 Å². The van der Waals surface area contributed by atoms with Gasteiger partial charge in [-0.3, -0.25) is 9.59 Å². The van der Waals surface area contributed by atoms with Crippen molar-refractivity contribution in [3.8, 4) is 5.75 Å². The van der Waals surface area contributed by atoms with Crippen molar-refractivity contribution in [1.82, 2.24) is 5.32 Å². The number of hydrogen-bond donors (Lipinski definition) is 2. The molecule has 1 aromatic carbocycles. The molecule has 1 aliphatic rings. The summed E-state index contributed by atoms with van der Waals surface area (Å²) in [5, 5.41) is 5.76. The highest BCUT2D eigenvalue weighted by Crippen LogP contribution is 2.35. The van der Waals surface area contributed by atoms with E-state index in [1.165, 1.54) is 6.92 Å². The maximum atomic E-state index is 12.4. The minimum atomic E-state index is -1.66. The van der Waals surface area contributed by atoms with Crippen molar-refractivity contribution < 1.29 is 18.7 Å². The monoisotopic (exact) mass is 334 g/mol. The Kier molecular flexibility index (Phi) is 3.77. The average molecular weight is 335 g/mol. The van der Waals surface area contributed by atoms with Gasteiger partial charge in [0.25, 0.3) is 17.4 Å². The molecule has 0 fully saturated rings. The summed E-state index contributed by atoms with van der Waals surface area (Å²) < 4.78 is 11.0. The summed E-state index contributed by atoms with van der Waals surface area (Å²) in [6.45, 7) is 3.40. The third-order valence-corrected chi connectivity index (χ3v) is 3.82.